The molecule has 0 spiro atoms. The Bertz CT molecular complexity index is 682. The zero-order valence-electron chi connectivity index (χ0n) is 14.5. The van der Waals surface area contributed by atoms with E-state index in [1.165, 1.54) is 0 Å². The van der Waals surface area contributed by atoms with Crippen LogP contribution in [-0.2, 0) is 5.60 Å². The van der Waals surface area contributed by atoms with E-state index in [4.69, 9.17) is 4.74 Å². The molecule has 5 heteroatoms. The maximum Gasteiger partial charge on any atom is 0.141 e. The van der Waals surface area contributed by atoms with Gasteiger partial charge in [0, 0.05) is 32.7 Å². The second kappa shape index (κ2) is 8.32. The summed E-state index contributed by atoms with van der Waals surface area (Å²) in [6.07, 6.45) is 0.720. The number of nitrogens with zero attached hydrogens (tertiary/aromatic N) is 1. The highest BCUT2D eigenvalue weighted by Crippen LogP contribution is 2.31. The molecule has 0 bridgehead atoms. The SMILES string of the molecule is CC(O)(CCN1CCNCC1)c1ccc(Oc2ccccc2Br)cc1. The first-order valence-electron chi connectivity index (χ1n) is 8.73. The van der Waals surface area contributed by atoms with Gasteiger partial charge in [-0.05, 0) is 59.1 Å². The van der Waals surface area contributed by atoms with Crippen LogP contribution in [0.5, 0.6) is 11.5 Å². The lowest BCUT2D eigenvalue weighted by Gasteiger charge is -2.31. The number of hydrogen-bond acceptors (Lipinski definition) is 4. The van der Waals surface area contributed by atoms with Gasteiger partial charge in [0.05, 0.1) is 10.1 Å². The number of para-hydroxylation sites is 1. The largest absolute Gasteiger partial charge is 0.456 e. The maximum absolute atomic E-state index is 10.9. The van der Waals surface area contributed by atoms with Crippen molar-refractivity contribution in [1.82, 2.24) is 10.2 Å². The average molecular weight is 405 g/mol. The predicted molar refractivity (Wildman–Crippen MR) is 104 cm³/mol. The number of benzene rings is 2. The molecule has 0 aromatic heterocycles. The summed E-state index contributed by atoms with van der Waals surface area (Å²) in [5.41, 5.74) is 0.0821. The Kier molecular flexibility index (Phi) is 6.12. The number of nitrogens with one attached hydrogen (secondary N) is 1. The summed E-state index contributed by atoms with van der Waals surface area (Å²) in [6, 6.07) is 15.5. The number of ether oxygens (including phenoxy) is 1. The highest BCUT2D eigenvalue weighted by molar-refractivity contribution is 9.10. The van der Waals surface area contributed by atoms with Crippen molar-refractivity contribution in [3.05, 3.63) is 58.6 Å². The lowest BCUT2D eigenvalue weighted by molar-refractivity contribution is 0.0345. The molecule has 1 heterocycles. The molecular formula is C20H25BrN2O2. The third-order valence-corrected chi connectivity index (χ3v) is 5.32. The number of hydrogen-bond donors (Lipinski definition) is 2. The first-order valence-corrected chi connectivity index (χ1v) is 9.52. The van der Waals surface area contributed by atoms with Gasteiger partial charge in [0.25, 0.3) is 0 Å². The van der Waals surface area contributed by atoms with Crippen molar-refractivity contribution in [2.45, 2.75) is 18.9 Å². The smallest absolute Gasteiger partial charge is 0.141 e. The Hall–Kier alpha value is -1.40. The van der Waals surface area contributed by atoms with E-state index < -0.39 is 5.60 Å². The lowest BCUT2D eigenvalue weighted by atomic mass is 9.92. The maximum atomic E-state index is 10.9. The zero-order chi connectivity index (χ0) is 17.7. The van der Waals surface area contributed by atoms with Gasteiger partial charge in [-0.15, -0.1) is 0 Å². The molecule has 25 heavy (non-hydrogen) atoms. The summed E-state index contributed by atoms with van der Waals surface area (Å²) in [5.74, 6) is 1.54. The summed E-state index contributed by atoms with van der Waals surface area (Å²) in [5, 5.41) is 14.2. The molecule has 134 valence electrons. The van der Waals surface area contributed by atoms with Gasteiger partial charge in [0.2, 0.25) is 0 Å². The molecule has 2 aromatic carbocycles. The van der Waals surface area contributed by atoms with Gasteiger partial charge in [-0.2, -0.15) is 0 Å². The van der Waals surface area contributed by atoms with E-state index in [-0.39, 0.29) is 0 Å². The summed E-state index contributed by atoms with van der Waals surface area (Å²) in [7, 11) is 0. The second-order valence-electron chi connectivity index (χ2n) is 6.67. The standard InChI is InChI=1S/C20H25BrN2O2/c1-20(24,10-13-23-14-11-22-12-15-23)16-6-8-17(9-7-16)25-19-5-3-2-4-18(19)21/h2-9,22,24H,10-15H2,1H3. The van der Waals surface area contributed by atoms with Gasteiger partial charge in [-0.25, -0.2) is 0 Å². The molecule has 2 N–H and O–H groups in total. The number of aliphatic hydroxyl groups is 1. The molecule has 3 rings (SSSR count). The summed E-state index contributed by atoms with van der Waals surface area (Å²) in [4.78, 5) is 2.40. The number of rotatable bonds is 6. The molecule has 0 radical (unpaired) electrons. The minimum absolute atomic E-state index is 0.720. The Balaban J connectivity index is 1.61. The van der Waals surface area contributed by atoms with Crippen molar-refractivity contribution >= 4 is 15.9 Å². The van der Waals surface area contributed by atoms with E-state index in [1.54, 1.807) is 0 Å². The van der Waals surface area contributed by atoms with Crippen LogP contribution in [0.15, 0.2) is 53.0 Å². The first-order chi connectivity index (χ1) is 12.0. The Labute approximate surface area is 157 Å². The lowest BCUT2D eigenvalue weighted by Crippen LogP contribution is -2.45. The Morgan fingerprint density at radius 2 is 1.80 bits per heavy atom. The molecule has 1 unspecified atom stereocenters. The van der Waals surface area contributed by atoms with Crippen LogP contribution in [0.1, 0.15) is 18.9 Å². The molecule has 4 nitrogen and oxygen atoms in total. The number of piperazine rings is 1. The second-order valence-corrected chi connectivity index (χ2v) is 7.53. The highest BCUT2D eigenvalue weighted by atomic mass is 79.9. The molecule has 0 aliphatic carbocycles. The molecule has 1 fully saturated rings. The highest BCUT2D eigenvalue weighted by Gasteiger charge is 2.24. The third kappa shape index (κ3) is 5.05. The van der Waals surface area contributed by atoms with Crippen molar-refractivity contribution in [2.24, 2.45) is 0 Å². The van der Waals surface area contributed by atoms with Crippen molar-refractivity contribution in [1.29, 1.82) is 0 Å². The van der Waals surface area contributed by atoms with Crippen molar-refractivity contribution in [2.75, 3.05) is 32.7 Å². The van der Waals surface area contributed by atoms with Gasteiger partial charge in [0.1, 0.15) is 11.5 Å². The first kappa shape index (κ1) is 18.4. The van der Waals surface area contributed by atoms with E-state index in [1.807, 2.05) is 55.5 Å². The Morgan fingerprint density at radius 1 is 1.12 bits per heavy atom. The van der Waals surface area contributed by atoms with Gasteiger partial charge in [-0.1, -0.05) is 24.3 Å². The van der Waals surface area contributed by atoms with Crippen LogP contribution < -0.4 is 10.1 Å². The average Bonchev–Trinajstić information content (AvgIpc) is 2.63. The van der Waals surface area contributed by atoms with Gasteiger partial charge in [-0.3, -0.25) is 0 Å². The molecule has 1 aliphatic heterocycles. The number of halogens is 1. The summed E-state index contributed by atoms with van der Waals surface area (Å²) in [6.45, 7) is 6.96. The van der Waals surface area contributed by atoms with Crippen LogP contribution in [0.2, 0.25) is 0 Å². The molecular weight excluding hydrogens is 380 g/mol. The summed E-state index contributed by atoms with van der Waals surface area (Å²) >= 11 is 3.48. The van der Waals surface area contributed by atoms with Crippen LogP contribution in [-0.4, -0.2) is 42.7 Å². The van der Waals surface area contributed by atoms with Gasteiger partial charge in [0.15, 0.2) is 0 Å². The van der Waals surface area contributed by atoms with E-state index in [9.17, 15) is 5.11 Å². The molecule has 0 saturated carbocycles. The molecule has 1 saturated heterocycles. The minimum Gasteiger partial charge on any atom is -0.456 e. The third-order valence-electron chi connectivity index (χ3n) is 4.67. The van der Waals surface area contributed by atoms with Crippen molar-refractivity contribution in [3.8, 4) is 11.5 Å². The van der Waals surface area contributed by atoms with Crippen molar-refractivity contribution < 1.29 is 9.84 Å². The quantitative estimate of drug-likeness (QED) is 0.769. The predicted octanol–water partition coefficient (Wildman–Crippen LogP) is 3.74. The molecule has 2 aromatic rings. The van der Waals surface area contributed by atoms with E-state index in [0.717, 1.165) is 60.7 Å². The van der Waals surface area contributed by atoms with Crippen LogP contribution in [0.4, 0.5) is 0 Å². The summed E-state index contributed by atoms with van der Waals surface area (Å²) < 4.78 is 6.81. The fourth-order valence-electron chi connectivity index (χ4n) is 2.99. The van der Waals surface area contributed by atoms with E-state index >= 15 is 0 Å². The fraction of sp³-hybridized carbons (Fsp3) is 0.400. The Morgan fingerprint density at radius 3 is 2.48 bits per heavy atom. The van der Waals surface area contributed by atoms with Gasteiger partial charge < -0.3 is 20.1 Å². The topological polar surface area (TPSA) is 44.7 Å². The van der Waals surface area contributed by atoms with E-state index in [0.29, 0.717) is 0 Å². The molecule has 1 aliphatic rings. The van der Waals surface area contributed by atoms with Crippen molar-refractivity contribution in [3.63, 3.8) is 0 Å². The fourth-order valence-corrected chi connectivity index (χ4v) is 3.36. The van der Waals surface area contributed by atoms with Crippen LogP contribution >= 0.6 is 15.9 Å². The molecule has 0 amide bonds. The zero-order valence-corrected chi connectivity index (χ0v) is 16.1. The minimum atomic E-state index is -0.837. The van der Waals surface area contributed by atoms with Crippen LogP contribution in [0.25, 0.3) is 0 Å². The van der Waals surface area contributed by atoms with E-state index in [2.05, 4.69) is 26.1 Å². The monoisotopic (exact) mass is 404 g/mol. The van der Waals surface area contributed by atoms with Gasteiger partial charge >= 0.3 is 0 Å². The van der Waals surface area contributed by atoms with Crippen LogP contribution in [0.3, 0.4) is 0 Å². The van der Waals surface area contributed by atoms with Crippen LogP contribution in [0, 0.1) is 0 Å². The normalized spacial score (nSPS) is 17.9. The molecule has 1 atom stereocenters.